The molecule has 0 spiro atoms. The fourth-order valence-electron chi connectivity index (χ4n) is 3.75. The van der Waals surface area contributed by atoms with Crippen molar-refractivity contribution in [3.63, 3.8) is 0 Å². The maximum absolute atomic E-state index is 5.86. The van der Waals surface area contributed by atoms with Gasteiger partial charge in [-0.3, -0.25) is 5.32 Å². The number of hydrogen-bond acceptors (Lipinski definition) is 6. The van der Waals surface area contributed by atoms with Gasteiger partial charge >= 0.3 is 0 Å². The van der Waals surface area contributed by atoms with Gasteiger partial charge in [-0.05, 0) is 24.3 Å². The normalized spacial score (nSPS) is 18.3. The van der Waals surface area contributed by atoms with Crippen LogP contribution in [0, 0.1) is 0 Å². The van der Waals surface area contributed by atoms with Gasteiger partial charge in [0.2, 0.25) is 11.8 Å². The van der Waals surface area contributed by atoms with Gasteiger partial charge in [-0.25, -0.2) is 0 Å². The van der Waals surface area contributed by atoms with Crippen LogP contribution in [0.1, 0.15) is 24.0 Å². The molecule has 0 aliphatic carbocycles. The van der Waals surface area contributed by atoms with Crippen LogP contribution in [0.5, 0.6) is 5.75 Å². The van der Waals surface area contributed by atoms with E-state index in [9.17, 15) is 0 Å². The first-order valence-electron chi connectivity index (χ1n) is 10.4. The van der Waals surface area contributed by atoms with Crippen LogP contribution in [0.4, 0.5) is 0 Å². The van der Waals surface area contributed by atoms with Crippen LogP contribution in [-0.2, 0) is 5.75 Å². The predicted molar refractivity (Wildman–Crippen MR) is 120 cm³/mol. The molecule has 0 bridgehead atoms. The Balaban J connectivity index is 1.28. The third-order valence-corrected chi connectivity index (χ3v) is 6.26. The van der Waals surface area contributed by atoms with Gasteiger partial charge in [-0.15, -0.1) is 22.0 Å². The topological polar surface area (TPSA) is 60.2 Å². The van der Waals surface area contributed by atoms with Crippen molar-refractivity contribution in [2.75, 3.05) is 39.5 Å². The highest BCUT2D eigenvalue weighted by Gasteiger charge is 2.32. The molecule has 1 saturated heterocycles. The summed E-state index contributed by atoms with van der Waals surface area (Å²) in [4.78, 5) is 0. The molecule has 4 rings (SSSR count). The Bertz CT molecular complexity index is 928. The lowest BCUT2D eigenvalue weighted by atomic mass is 10.1. The first kappa shape index (κ1) is 20.9. The zero-order valence-corrected chi connectivity index (χ0v) is 18.4. The molecule has 7 heteroatoms. The van der Waals surface area contributed by atoms with E-state index < -0.39 is 0 Å². The minimum atomic E-state index is 0.320. The molecule has 0 saturated carbocycles. The number of para-hydroxylation sites is 1. The van der Waals surface area contributed by atoms with Crippen LogP contribution < -0.4 is 10.1 Å². The van der Waals surface area contributed by atoms with Crippen LogP contribution in [0.15, 0.2) is 59.0 Å². The first-order valence-corrected chi connectivity index (χ1v) is 11.5. The summed E-state index contributed by atoms with van der Waals surface area (Å²) in [5, 5.41) is 12.1. The van der Waals surface area contributed by atoms with E-state index in [2.05, 4.69) is 53.9 Å². The van der Waals surface area contributed by atoms with Crippen LogP contribution in [0.2, 0.25) is 0 Å². The molecule has 1 aliphatic rings. The summed E-state index contributed by atoms with van der Waals surface area (Å²) in [6, 6.07) is 18.3. The molecule has 1 aromatic heterocycles. The maximum Gasteiger partial charge on any atom is 0.247 e. The summed E-state index contributed by atoms with van der Waals surface area (Å²) in [5.41, 5.74) is 2.24. The van der Waals surface area contributed by atoms with Crippen molar-refractivity contribution in [2.24, 2.45) is 0 Å². The van der Waals surface area contributed by atoms with Gasteiger partial charge in [-0.2, -0.15) is 0 Å². The van der Waals surface area contributed by atoms with Crippen molar-refractivity contribution >= 4 is 11.8 Å². The van der Waals surface area contributed by atoms with E-state index in [-0.39, 0.29) is 0 Å². The zero-order chi connectivity index (χ0) is 20.8. The SMILES string of the molecule is C[N+]1(C)CCCNC1c1ccc(-c2nnc(CSCCOc3ccccc3)o2)cc1. The average molecular weight is 426 g/mol. The highest BCUT2D eigenvalue weighted by Crippen LogP contribution is 2.28. The third kappa shape index (κ3) is 5.22. The third-order valence-electron chi connectivity index (χ3n) is 5.35. The second-order valence-corrected chi connectivity index (χ2v) is 9.15. The van der Waals surface area contributed by atoms with E-state index in [0.29, 0.717) is 30.3 Å². The van der Waals surface area contributed by atoms with Gasteiger partial charge in [0.15, 0.2) is 6.17 Å². The van der Waals surface area contributed by atoms with Crippen molar-refractivity contribution in [3.8, 4) is 17.2 Å². The van der Waals surface area contributed by atoms with Crippen molar-refractivity contribution < 1.29 is 13.6 Å². The molecule has 1 fully saturated rings. The average Bonchev–Trinajstić information content (AvgIpc) is 3.23. The van der Waals surface area contributed by atoms with Gasteiger partial charge in [0.1, 0.15) is 5.75 Å². The van der Waals surface area contributed by atoms with Crippen LogP contribution >= 0.6 is 11.8 Å². The Morgan fingerprint density at radius 2 is 1.90 bits per heavy atom. The quantitative estimate of drug-likeness (QED) is 0.433. The number of ether oxygens (including phenoxy) is 1. The largest absolute Gasteiger partial charge is 0.493 e. The summed E-state index contributed by atoms with van der Waals surface area (Å²) in [6.45, 7) is 2.90. The number of thioether (sulfide) groups is 1. The smallest absolute Gasteiger partial charge is 0.247 e. The Morgan fingerprint density at radius 1 is 1.10 bits per heavy atom. The second-order valence-electron chi connectivity index (χ2n) is 8.05. The molecule has 1 N–H and O–H groups in total. The molecule has 3 aromatic rings. The van der Waals surface area contributed by atoms with E-state index in [1.165, 1.54) is 18.5 Å². The van der Waals surface area contributed by atoms with Crippen molar-refractivity contribution in [2.45, 2.75) is 18.3 Å². The molecule has 2 heterocycles. The molecule has 6 nitrogen and oxygen atoms in total. The summed E-state index contributed by atoms with van der Waals surface area (Å²) >= 11 is 1.72. The zero-order valence-electron chi connectivity index (χ0n) is 17.6. The molecule has 0 amide bonds. The van der Waals surface area contributed by atoms with E-state index >= 15 is 0 Å². The first-order chi connectivity index (χ1) is 14.6. The summed E-state index contributed by atoms with van der Waals surface area (Å²) in [7, 11) is 4.55. The number of benzene rings is 2. The van der Waals surface area contributed by atoms with Crippen LogP contribution in [-0.4, -0.2) is 54.2 Å². The number of nitrogens with zero attached hydrogens (tertiary/aromatic N) is 3. The fraction of sp³-hybridized carbons (Fsp3) is 0.391. The van der Waals surface area contributed by atoms with Crippen molar-refractivity contribution in [1.82, 2.24) is 15.5 Å². The van der Waals surface area contributed by atoms with Crippen molar-refractivity contribution in [1.29, 1.82) is 0 Å². The molecule has 2 aromatic carbocycles. The lowest BCUT2D eigenvalue weighted by molar-refractivity contribution is -0.929. The number of aromatic nitrogens is 2. The monoisotopic (exact) mass is 425 g/mol. The van der Waals surface area contributed by atoms with Gasteiger partial charge in [-0.1, -0.05) is 30.3 Å². The second kappa shape index (κ2) is 9.64. The lowest BCUT2D eigenvalue weighted by Crippen LogP contribution is -2.54. The number of nitrogens with one attached hydrogen (secondary N) is 1. The van der Waals surface area contributed by atoms with Gasteiger partial charge in [0.05, 0.1) is 33.0 Å². The molecule has 30 heavy (non-hydrogen) atoms. The fourth-order valence-corrected chi connectivity index (χ4v) is 4.39. The molecule has 1 aliphatic heterocycles. The molecule has 0 radical (unpaired) electrons. The van der Waals surface area contributed by atoms with Gasteiger partial charge in [0, 0.05) is 29.8 Å². The number of hydrogen-bond donors (Lipinski definition) is 1. The highest BCUT2D eigenvalue weighted by molar-refractivity contribution is 7.98. The van der Waals surface area contributed by atoms with Crippen LogP contribution in [0.25, 0.3) is 11.5 Å². The Morgan fingerprint density at radius 3 is 2.67 bits per heavy atom. The Labute approximate surface area is 182 Å². The van der Waals surface area contributed by atoms with Gasteiger partial charge < -0.3 is 13.6 Å². The summed E-state index contributed by atoms with van der Waals surface area (Å²) < 4.78 is 12.5. The summed E-state index contributed by atoms with van der Waals surface area (Å²) in [6.07, 6.45) is 1.53. The minimum Gasteiger partial charge on any atom is -0.493 e. The Hall–Kier alpha value is -2.35. The van der Waals surface area contributed by atoms with E-state index in [1.54, 1.807) is 11.8 Å². The number of quaternary nitrogens is 1. The molecule has 1 unspecified atom stereocenters. The predicted octanol–water partition coefficient (Wildman–Crippen LogP) is 4.12. The maximum atomic E-state index is 5.86. The standard InChI is InChI=1S/C23H29N4O2S/c1-27(2)14-6-13-24-22(27)18-9-11-19(12-10-18)23-26-25-21(29-23)17-30-16-15-28-20-7-4-3-5-8-20/h3-5,7-12,22,24H,6,13-17H2,1-2H3/q+1. The lowest BCUT2D eigenvalue weighted by Gasteiger charge is -2.42. The molecular weight excluding hydrogens is 396 g/mol. The molecular formula is C23H29N4O2S+. The highest BCUT2D eigenvalue weighted by atomic mass is 32.2. The van der Waals surface area contributed by atoms with Crippen molar-refractivity contribution in [3.05, 3.63) is 66.1 Å². The number of rotatable bonds is 8. The Kier molecular flexibility index (Phi) is 6.72. The molecule has 158 valence electrons. The van der Waals surface area contributed by atoms with E-state index in [1.807, 2.05) is 30.3 Å². The minimum absolute atomic E-state index is 0.320. The van der Waals surface area contributed by atoms with Crippen LogP contribution in [0.3, 0.4) is 0 Å². The van der Waals surface area contributed by atoms with E-state index in [4.69, 9.17) is 9.15 Å². The molecule has 1 atom stereocenters. The summed E-state index contributed by atoms with van der Waals surface area (Å²) in [5.74, 6) is 3.66. The van der Waals surface area contributed by atoms with E-state index in [0.717, 1.165) is 28.1 Å². The van der Waals surface area contributed by atoms with Gasteiger partial charge in [0.25, 0.3) is 0 Å².